The molecule has 0 spiro atoms. The molecule has 0 unspecified atom stereocenters. The molecule has 0 bridgehead atoms. The van der Waals surface area contributed by atoms with Crippen molar-refractivity contribution < 1.29 is 23.8 Å². The molecule has 7 nitrogen and oxygen atoms in total. The van der Waals surface area contributed by atoms with Gasteiger partial charge in [0, 0.05) is 24.7 Å². The summed E-state index contributed by atoms with van der Waals surface area (Å²) in [4.78, 5) is 24.7. The van der Waals surface area contributed by atoms with Crippen LogP contribution in [0.15, 0.2) is 42.5 Å². The molecule has 2 rings (SSSR count). The molecule has 0 saturated carbocycles. The minimum atomic E-state index is -0.383. The van der Waals surface area contributed by atoms with Crippen molar-refractivity contribution in [2.45, 2.75) is 13.8 Å². The monoisotopic (exact) mass is 386 g/mol. The first-order valence-electron chi connectivity index (χ1n) is 8.96. The van der Waals surface area contributed by atoms with E-state index in [1.54, 1.807) is 42.5 Å². The fourth-order valence-electron chi connectivity index (χ4n) is 2.38. The second kappa shape index (κ2) is 10.2. The highest BCUT2D eigenvalue weighted by Gasteiger charge is 2.14. The molecule has 0 saturated heterocycles. The maximum Gasteiger partial charge on any atom is 0.262 e. The lowest BCUT2D eigenvalue weighted by molar-refractivity contribution is -0.118. The number of rotatable bonds is 9. The van der Waals surface area contributed by atoms with E-state index in [-0.39, 0.29) is 18.4 Å². The number of methoxy groups -OCH3 is 2. The lowest BCUT2D eigenvalue weighted by Gasteiger charge is -2.13. The smallest absolute Gasteiger partial charge is 0.262 e. The summed E-state index contributed by atoms with van der Waals surface area (Å²) in [7, 11) is 3.07. The Morgan fingerprint density at radius 1 is 0.964 bits per heavy atom. The first-order chi connectivity index (χ1) is 13.4. The van der Waals surface area contributed by atoms with Gasteiger partial charge in [0.1, 0.15) is 17.2 Å². The van der Waals surface area contributed by atoms with Gasteiger partial charge in [0.2, 0.25) is 0 Å². The fourth-order valence-corrected chi connectivity index (χ4v) is 2.38. The zero-order valence-electron chi connectivity index (χ0n) is 16.6. The van der Waals surface area contributed by atoms with E-state index in [0.717, 1.165) is 0 Å². The Labute approximate surface area is 165 Å². The van der Waals surface area contributed by atoms with E-state index in [1.165, 1.54) is 14.2 Å². The van der Waals surface area contributed by atoms with Gasteiger partial charge < -0.3 is 24.8 Å². The minimum absolute atomic E-state index is 0.224. The maximum absolute atomic E-state index is 12.4. The van der Waals surface area contributed by atoms with Gasteiger partial charge >= 0.3 is 0 Å². The van der Waals surface area contributed by atoms with Crippen LogP contribution in [0.3, 0.4) is 0 Å². The Balaban J connectivity index is 2.01. The van der Waals surface area contributed by atoms with Crippen LogP contribution in [-0.2, 0) is 4.79 Å². The summed E-state index contributed by atoms with van der Waals surface area (Å²) in [6, 6.07) is 11.9. The molecule has 0 aliphatic rings. The Morgan fingerprint density at radius 2 is 1.57 bits per heavy atom. The van der Waals surface area contributed by atoms with Crippen molar-refractivity contribution in [3.8, 4) is 17.2 Å². The standard InChI is InChI=1S/C21H26N2O5/c1-14(2)12-22-21(25)18-7-5-6-8-19(18)23-20(24)13-28-17-10-15(26-3)9-16(11-17)27-4/h5-11,14H,12-13H2,1-4H3,(H,22,25)(H,23,24). The summed E-state index contributed by atoms with van der Waals surface area (Å²) < 4.78 is 15.9. The highest BCUT2D eigenvalue weighted by Crippen LogP contribution is 2.27. The number of hydrogen-bond acceptors (Lipinski definition) is 5. The average Bonchev–Trinajstić information content (AvgIpc) is 2.70. The van der Waals surface area contributed by atoms with Crippen molar-refractivity contribution in [1.82, 2.24) is 5.32 Å². The summed E-state index contributed by atoms with van der Waals surface area (Å²) in [6.45, 7) is 4.36. The topological polar surface area (TPSA) is 85.9 Å². The molecule has 2 aromatic rings. The summed E-state index contributed by atoms with van der Waals surface area (Å²) in [6.07, 6.45) is 0. The molecule has 0 aliphatic carbocycles. The highest BCUT2D eigenvalue weighted by atomic mass is 16.5. The summed E-state index contributed by atoms with van der Waals surface area (Å²) in [5.74, 6) is 1.27. The predicted molar refractivity (Wildman–Crippen MR) is 107 cm³/mol. The van der Waals surface area contributed by atoms with E-state index in [1.807, 2.05) is 13.8 Å². The van der Waals surface area contributed by atoms with E-state index in [2.05, 4.69) is 10.6 Å². The molecule has 7 heteroatoms. The van der Waals surface area contributed by atoms with Gasteiger partial charge in [-0.3, -0.25) is 9.59 Å². The normalized spacial score (nSPS) is 10.3. The number of benzene rings is 2. The molecule has 2 amide bonds. The minimum Gasteiger partial charge on any atom is -0.496 e. The maximum atomic E-state index is 12.4. The molecule has 28 heavy (non-hydrogen) atoms. The van der Waals surface area contributed by atoms with Crippen LogP contribution in [0.1, 0.15) is 24.2 Å². The largest absolute Gasteiger partial charge is 0.496 e. The number of carbonyl (C=O) groups excluding carboxylic acids is 2. The molecule has 2 aromatic carbocycles. The lowest BCUT2D eigenvalue weighted by Crippen LogP contribution is -2.29. The third-order valence-corrected chi connectivity index (χ3v) is 3.81. The second-order valence-electron chi connectivity index (χ2n) is 6.53. The highest BCUT2D eigenvalue weighted by molar-refractivity contribution is 6.04. The molecule has 150 valence electrons. The zero-order valence-corrected chi connectivity index (χ0v) is 16.6. The summed E-state index contributed by atoms with van der Waals surface area (Å²) in [5, 5.41) is 5.57. The summed E-state index contributed by atoms with van der Waals surface area (Å²) >= 11 is 0. The number of anilines is 1. The third-order valence-electron chi connectivity index (χ3n) is 3.81. The van der Waals surface area contributed by atoms with Crippen LogP contribution < -0.4 is 24.8 Å². The van der Waals surface area contributed by atoms with Crippen molar-refractivity contribution in [2.24, 2.45) is 5.92 Å². The number of amides is 2. The van der Waals surface area contributed by atoms with Crippen molar-refractivity contribution in [3.05, 3.63) is 48.0 Å². The Bertz CT molecular complexity index is 798. The Hall–Kier alpha value is -3.22. The number of ether oxygens (including phenoxy) is 3. The first kappa shape index (κ1) is 21.1. The quantitative estimate of drug-likeness (QED) is 0.692. The third kappa shape index (κ3) is 6.19. The van der Waals surface area contributed by atoms with Gasteiger partial charge in [-0.15, -0.1) is 0 Å². The van der Waals surface area contributed by atoms with Crippen LogP contribution in [0.25, 0.3) is 0 Å². The van der Waals surface area contributed by atoms with Gasteiger partial charge in [-0.25, -0.2) is 0 Å². The molecule has 2 N–H and O–H groups in total. The lowest BCUT2D eigenvalue weighted by atomic mass is 10.1. The first-order valence-corrected chi connectivity index (χ1v) is 8.96. The van der Waals surface area contributed by atoms with Gasteiger partial charge in [-0.05, 0) is 18.1 Å². The van der Waals surface area contributed by atoms with Crippen molar-refractivity contribution in [3.63, 3.8) is 0 Å². The van der Waals surface area contributed by atoms with Crippen LogP contribution >= 0.6 is 0 Å². The summed E-state index contributed by atoms with van der Waals surface area (Å²) in [5.41, 5.74) is 0.833. The van der Waals surface area contributed by atoms with Gasteiger partial charge in [0.25, 0.3) is 11.8 Å². The van der Waals surface area contributed by atoms with E-state index >= 15 is 0 Å². The van der Waals surface area contributed by atoms with Gasteiger partial charge in [-0.2, -0.15) is 0 Å². The SMILES string of the molecule is COc1cc(OC)cc(OCC(=O)Nc2ccccc2C(=O)NCC(C)C)c1. The fraction of sp³-hybridized carbons (Fsp3) is 0.333. The van der Waals surface area contributed by atoms with Gasteiger partial charge in [-0.1, -0.05) is 26.0 Å². The van der Waals surface area contributed by atoms with E-state index in [9.17, 15) is 9.59 Å². The molecule has 0 heterocycles. The average molecular weight is 386 g/mol. The van der Waals surface area contributed by atoms with Crippen LogP contribution in [-0.4, -0.2) is 39.2 Å². The molecule has 0 aromatic heterocycles. The van der Waals surface area contributed by atoms with E-state index < -0.39 is 0 Å². The van der Waals surface area contributed by atoms with Gasteiger partial charge in [0.05, 0.1) is 25.5 Å². The number of para-hydroxylation sites is 1. The molecule has 0 atom stereocenters. The van der Waals surface area contributed by atoms with Crippen molar-refractivity contribution in [1.29, 1.82) is 0 Å². The van der Waals surface area contributed by atoms with Crippen LogP contribution in [0.2, 0.25) is 0 Å². The van der Waals surface area contributed by atoms with Crippen LogP contribution in [0.5, 0.6) is 17.2 Å². The molecule has 0 radical (unpaired) electrons. The number of carbonyl (C=O) groups is 2. The van der Waals surface area contributed by atoms with Crippen molar-refractivity contribution in [2.75, 3.05) is 32.7 Å². The molecule has 0 fully saturated rings. The number of nitrogens with one attached hydrogen (secondary N) is 2. The van der Waals surface area contributed by atoms with E-state index in [0.29, 0.717) is 41.0 Å². The Morgan fingerprint density at radius 3 is 2.18 bits per heavy atom. The molecule has 0 aliphatic heterocycles. The molecular weight excluding hydrogens is 360 g/mol. The van der Waals surface area contributed by atoms with Crippen molar-refractivity contribution >= 4 is 17.5 Å². The predicted octanol–water partition coefficient (Wildman–Crippen LogP) is 3.11. The van der Waals surface area contributed by atoms with Crippen LogP contribution in [0, 0.1) is 5.92 Å². The Kier molecular flexibility index (Phi) is 7.68. The number of hydrogen-bond donors (Lipinski definition) is 2. The van der Waals surface area contributed by atoms with E-state index in [4.69, 9.17) is 14.2 Å². The second-order valence-corrected chi connectivity index (χ2v) is 6.53. The molecular formula is C21H26N2O5. The van der Waals surface area contributed by atoms with Crippen LogP contribution in [0.4, 0.5) is 5.69 Å². The zero-order chi connectivity index (χ0) is 20.5. The van der Waals surface area contributed by atoms with Gasteiger partial charge in [0.15, 0.2) is 6.61 Å².